The first kappa shape index (κ1) is 14.6. The molecule has 1 aliphatic heterocycles. The second-order valence-corrected chi connectivity index (χ2v) is 5.88. The second kappa shape index (κ2) is 6.07. The van der Waals surface area contributed by atoms with Gasteiger partial charge in [-0.15, -0.1) is 0 Å². The lowest BCUT2D eigenvalue weighted by molar-refractivity contribution is 0.0883. The Morgan fingerprint density at radius 2 is 2.05 bits per heavy atom. The number of nitrogens with zero attached hydrogens (tertiary/aromatic N) is 2. The van der Waals surface area contributed by atoms with E-state index in [2.05, 4.69) is 29.2 Å². The molecule has 0 spiro atoms. The highest BCUT2D eigenvalue weighted by Gasteiger charge is 2.25. The molecule has 1 N–H and O–H groups in total. The van der Waals surface area contributed by atoms with Gasteiger partial charge in [0.05, 0.1) is 0 Å². The molecule has 2 rings (SSSR count). The number of pyridine rings is 1. The number of amides is 1. The molecule has 1 fully saturated rings. The molecule has 0 radical (unpaired) electrons. The van der Waals surface area contributed by atoms with Crippen LogP contribution in [0.4, 0.5) is 0 Å². The highest BCUT2D eigenvalue weighted by atomic mass is 35.5. The van der Waals surface area contributed by atoms with E-state index in [-0.39, 0.29) is 22.3 Å². The molecule has 2 heterocycles. The molecule has 0 saturated carbocycles. The topological polar surface area (TPSA) is 45.2 Å². The standard InChI is InChI=1S/C13H17Cl2N3O/c1-8-7-18(2)4-3-10(8)16-13(19)9-5-11(14)17-12(15)6-9/h5-6,8,10H,3-4,7H2,1-2H3,(H,16,19). The largest absolute Gasteiger partial charge is 0.349 e. The minimum absolute atomic E-state index is 0.146. The Morgan fingerprint density at radius 1 is 1.42 bits per heavy atom. The van der Waals surface area contributed by atoms with E-state index in [1.807, 2.05) is 0 Å². The van der Waals surface area contributed by atoms with Gasteiger partial charge in [0, 0.05) is 18.2 Å². The van der Waals surface area contributed by atoms with E-state index in [1.165, 1.54) is 12.1 Å². The minimum atomic E-state index is -0.146. The van der Waals surface area contributed by atoms with Crippen LogP contribution in [0.5, 0.6) is 0 Å². The van der Waals surface area contributed by atoms with Crippen molar-refractivity contribution in [3.8, 4) is 0 Å². The monoisotopic (exact) mass is 301 g/mol. The Morgan fingerprint density at radius 3 is 2.63 bits per heavy atom. The maximum atomic E-state index is 12.2. The molecular formula is C13H17Cl2N3O. The van der Waals surface area contributed by atoms with Gasteiger partial charge in [0.15, 0.2) is 0 Å². The van der Waals surface area contributed by atoms with E-state index in [1.54, 1.807) is 0 Å². The van der Waals surface area contributed by atoms with Crippen LogP contribution >= 0.6 is 23.2 Å². The molecule has 2 unspecified atom stereocenters. The molecule has 1 amide bonds. The quantitative estimate of drug-likeness (QED) is 0.854. The van der Waals surface area contributed by atoms with Gasteiger partial charge in [-0.1, -0.05) is 30.1 Å². The van der Waals surface area contributed by atoms with Crippen molar-refractivity contribution >= 4 is 29.1 Å². The van der Waals surface area contributed by atoms with Gasteiger partial charge in [-0.05, 0) is 38.1 Å². The number of halogens is 2. The van der Waals surface area contributed by atoms with Crippen LogP contribution in [-0.2, 0) is 0 Å². The number of aromatic nitrogens is 1. The predicted molar refractivity (Wildman–Crippen MR) is 76.8 cm³/mol. The second-order valence-electron chi connectivity index (χ2n) is 5.11. The molecule has 1 aromatic rings. The predicted octanol–water partition coefficient (Wildman–Crippen LogP) is 2.46. The fraction of sp³-hybridized carbons (Fsp3) is 0.538. The van der Waals surface area contributed by atoms with Gasteiger partial charge in [-0.2, -0.15) is 0 Å². The summed E-state index contributed by atoms with van der Waals surface area (Å²) in [5.74, 6) is 0.281. The number of hydrogen-bond acceptors (Lipinski definition) is 3. The van der Waals surface area contributed by atoms with Gasteiger partial charge in [0.1, 0.15) is 10.3 Å². The van der Waals surface area contributed by atoms with Crippen molar-refractivity contribution in [2.45, 2.75) is 19.4 Å². The number of nitrogens with one attached hydrogen (secondary N) is 1. The summed E-state index contributed by atoms with van der Waals surface area (Å²) in [5.41, 5.74) is 0.455. The number of carbonyl (C=O) groups excluding carboxylic acids is 1. The van der Waals surface area contributed by atoms with E-state index in [4.69, 9.17) is 23.2 Å². The first-order chi connectivity index (χ1) is 8.95. The fourth-order valence-corrected chi connectivity index (χ4v) is 2.88. The summed E-state index contributed by atoms with van der Waals surface area (Å²) in [6.45, 7) is 4.13. The Bertz CT molecular complexity index is 461. The Labute approximate surface area is 123 Å². The van der Waals surface area contributed by atoms with Gasteiger partial charge < -0.3 is 10.2 Å². The van der Waals surface area contributed by atoms with Crippen LogP contribution < -0.4 is 5.32 Å². The van der Waals surface area contributed by atoms with Gasteiger partial charge >= 0.3 is 0 Å². The first-order valence-electron chi connectivity index (χ1n) is 6.28. The molecule has 19 heavy (non-hydrogen) atoms. The number of carbonyl (C=O) groups is 1. The van der Waals surface area contributed by atoms with Crippen LogP contribution in [0.25, 0.3) is 0 Å². The Hall–Kier alpha value is -0.840. The highest BCUT2D eigenvalue weighted by Crippen LogP contribution is 2.18. The zero-order valence-electron chi connectivity index (χ0n) is 11.0. The van der Waals surface area contributed by atoms with E-state index >= 15 is 0 Å². The van der Waals surface area contributed by atoms with Crippen LogP contribution in [0.3, 0.4) is 0 Å². The van der Waals surface area contributed by atoms with Crippen LogP contribution in [0.15, 0.2) is 12.1 Å². The molecule has 2 atom stereocenters. The van der Waals surface area contributed by atoms with Gasteiger partial charge in [0.2, 0.25) is 0 Å². The number of hydrogen-bond donors (Lipinski definition) is 1. The fourth-order valence-electron chi connectivity index (χ4n) is 2.42. The van der Waals surface area contributed by atoms with Gasteiger partial charge in [-0.25, -0.2) is 4.98 Å². The van der Waals surface area contributed by atoms with Crippen molar-refractivity contribution in [1.82, 2.24) is 15.2 Å². The van der Waals surface area contributed by atoms with Gasteiger partial charge in [0.25, 0.3) is 5.91 Å². The maximum absolute atomic E-state index is 12.2. The summed E-state index contributed by atoms with van der Waals surface area (Å²) in [4.78, 5) is 18.3. The summed E-state index contributed by atoms with van der Waals surface area (Å²) in [5, 5.41) is 3.51. The Balaban J connectivity index is 2.04. The lowest BCUT2D eigenvalue weighted by atomic mass is 9.94. The van der Waals surface area contributed by atoms with Crippen molar-refractivity contribution in [3.63, 3.8) is 0 Å². The van der Waals surface area contributed by atoms with Crippen LogP contribution in [0.1, 0.15) is 23.7 Å². The zero-order valence-corrected chi connectivity index (χ0v) is 12.5. The molecule has 4 nitrogen and oxygen atoms in total. The van der Waals surface area contributed by atoms with Crippen molar-refractivity contribution in [2.24, 2.45) is 5.92 Å². The third-order valence-electron chi connectivity index (χ3n) is 3.45. The molecule has 1 aliphatic rings. The summed E-state index contributed by atoms with van der Waals surface area (Å²) < 4.78 is 0. The molecule has 104 valence electrons. The SMILES string of the molecule is CC1CN(C)CCC1NC(=O)c1cc(Cl)nc(Cl)c1. The molecule has 0 aromatic carbocycles. The van der Waals surface area contributed by atoms with Crippen LogP contribution in [-0.4, -0.2) is 42.0 Å². The van der Waals surface area contributed by atoms with E-state index in [0.29, 0.717) is 11.5 Å². The normalized spacial score (nSPS) is 24.2. The Kier molecular flexibility index (Phi) is 4.66. The average Bonchev–Trinajstić information content (AvgIpc) is 2.31. The first-order valence-corrected chi connectivity index (χ1v) is 7.04. The van der Waals surface area contributed by atoms with Crippen molar-refractivity contribution in [1.29, 1.82) is 0 Å². The lowest BCUT2D eigenvalue weighted by Crippen LogP contribution is -2.48. The van der Waals surface area contributed by atoms with Crippen molar-refractivity contribution in [2.75, 3.05) is 20.1 Å². The number of piperidine rings is 1. The van der Waals surface area contributed by atoms with Crippen molar-refractivity contribution < 1.29 is 4.79 Å². The molecule has 1 aromatic heterocycles. The molecule has 1 saturated heterocycles. The van der Waals surface area contributed by atoms with E-state index < -0.39 is 0 Å². The van der Waals surface area contributed by atoms with Crippen LogP contribution in [0, 0.1) is 5.92 Å². The summed E-state index contributed by atoms with van der Waals surface area (Å²) in [7, 11) is 2.09. The smallest absolute Gasteiger partial charge is 0.251 e. The highest BCUT2D eigenvalue weighted by molar-refractivity contribution is 6.33. The zero-order chi connectivity index (χ0) is 14.0. The molecule has 0 aliphatic carbocycles. The maximum Gasteiger partial charge on any atom is 0.251 e. The minimum Gasteiger partial charge on any atom is -0.349 e. The molecule has 0 bridgehead atoms. The number of likely N-dealkylation sites (tertiary alicyclic amines) is 1. The summed E-state index contributed by atoms with van der Waals surface area (Å²) in [6, 6.07) is 3.25. The number of rotatable bonds is 2. The lowest BCUT2D eigenvalue weighted by Gasteiger charge is -2.35. The third kappa shape index (κ3) is 3.81. The van der Waals surface area contributed by atoms with E-state index in [9.17, 15) is 4.79 Å². The summed E-state index contributed by atoms with van der Waals surface area (Å²) in [6.07, 6.45) is 0.954. The summed E-state index contributed by atoms with van der Waals surface area (Å²) >= 11 is 11.6. The van der Waals surface area contributed by atoms with Crippen molar-refractivity contribution in [3.05, 3.63) is 28.0 Å². The third-order valence-corrected chi connectivity index (χ3v) is 3.84. The molecular weight excluding hydrogens is 285 g/mol. The van der Waals surface area contributed by atoms with Gasteiger partial charge in [-0.3, -0.25) is 4.79 Å². The molecule has 6 heteroatoms. The van der Waals surface area contributed by atoms with Crippen LogP contribution in [0.2, 0.25) is 10.3 Å². The van der Waals surface area contributed by atoms with E-state index in [0.717, 1.165) is 19.5 Å². The average molecular weight is 302 g/mol.